The molecule has 2 aromatic rings. The van der Waals surface area contributed by atoms with Crippen LogP contribution in [0.25, 0.3) is 0 Å². The van der Waals surface area contributed by atoms with Crippen molar-refractivity contribution in [1.29, 1.82) is 0 Å². The molecule has 0 aliphatic heterocycles. The van der Waals surface area contributed by atoms with Crippen LogP contribution in [0, 0.1) is 6.92 Å². The first-order valence-corrected chi connectivity index (χ1v) is 9.91. The molecule has 0 aliphatic rings. The standard InChI is InChI=1S/C22H33N5O2/c1-6-28-12-13-29-20-14-17(2)10-11-18(20)15-24-22(23-3)25-16-19-8-7-9-21(26-19)27(4)5/h7-11,14H,6,12-13,15-16H2,1-5H3,(H2,23,24,25). The third kappa shape index (κ3) is 7.62. The number of aliphatic imine (C=N–C) groups is 1. The summed E-state index contributed by atoms with van der Waals surface area (Å²) >= 11 is 0. The molecular weight excluding hydrogens is 366 g/mol. The molecule has 0 fully saturated rings. The van der Waals surface area contributed by atoms with E-state index in [-0.39, 0.29) is 0 Å². The number of benzene rings is 1. The van der Waals surface area contributed by atoms with Gasteiger partial charge in [-0.25, -0.2) is 4.98 Å². The number of nitrogens with one attached hydrogen (secondary N) is 2. The fourth-order valence-electron chi connectivity index (χ4n) is 2.69. The first kappa shape index (κ1) is 22.5. The summed E-state index contributed by atoms with van der Waals surface area (Å²) in [5, 5.41) is 6.65. The number of aromatic nitrogens is 1. The highest BCUT2D eigenvalue weighted by atomic mass is 16.5. The second kappa shape index (κ2) is 11.9. The van der Waals surface area contributed by atoms with Gasteiger partial charge in [0.15, 0.2) is 5.96 Å². The topological polar surface area (TPSA) is 71.0 Å². The Morgan fingerprint density at radius 1 is 1.10 bits per heavy atom. The van der Waals surface area contributed by atoms with E-state index < -0.39 is 0 Å². The molecule has 2 rings (SSSR count). The van der Waals surface area contributed by atoms with Crippen LogP contribution in [0.3, 0.4) is 0 Å². The summed E-state index contributed by atoms with van der Waals surface area (Å²) in [7, 11) is 5.72. The number of ether oxygens (including phenoxy) is 2. The van der Waals surface area contributed by atoms with Crippen LogP contribution in [0.1, 0.15) is 23.7 Å². The summed E-state index contributed by atoms with van der Waals surface area (Å²) in [6.45, 7) is 7.04. The van der Waals surface area contributed by atoms with Crippen LogP contribution < -0.4 is 20.3 Å². The summed E-state index contributed by atoms with van der Waals surface area (Å²) in [5.74, 6) is 2.51. The van der Waals surface area contributed by atoms with Gasteiger partial charge in [0.05, 0.1) is 18.8 Å². The van der Waals surface area contributed by atoms with E-state index in [1.165, 1.54) is 0 Å². The molecule has 0 radical (unpaired) electrons. The van der Waals surface area contributed by atoms with Crippen molar-refractivity contribution in [2.24, 2.45) is 4.99 Å². The van der Waals surface area contributed by atoms with Gasteiger partial charge in [0, 0.05) is 39.9 Å². The fraction of sp³-hybridized carbons (Fsp3) is 0.455. The van der Waals surface area contributed by atoms with Crippen LogP contribution in [-0.4, -0.2) is 51.9 Å². The lowest BCUT2D eigenvalue weighted by Gasteiger charge is -2.16. The Bertz CT molecular complexity index is 793. The van der Waals surface area contributed by atoms with Crippen molar-refractivity contribution in [3.63, 3.8) is 0 Å². The van der Waals surface area contributed by atoms with Gasteiger partial charge in [-0.1, -0.05) is 18.2 Å². The molecule has 0 aliphatic carbocycles. The molecule has 0 spiro atoms. The predicted octanol–water partition coefficient (Wildman–Crippen LogP) is 2.74. The van der Waals surface area contributed by atoms with E-state index in [0.29, 0.717) is 38.9 Å². The molecular formula is C22H33N5O2. The second-order valence-corrected chi connectivity index (χ2v) is 6.82. The number of rotatable bonds is 10. The van der Waals surface area contributed by atoms with Crippen molar-refractivity contribution in [2.45, 2.75) is 26.9 Å². The van der Waals surface area contributed by atoms with Crippen LogP contribution in [-0.2, 0) is 17.8 Å². The highest BCUT2D eigenvalue weighted by molar-refractivity contribution is 5.79. The van der Waals surface area contributed by atoms with Gasteiger partial charge in [-0.2, -0.15) is 0 Å². The molecule has 1 aromatic heterocycles. The number of hydrogen-bond acceptors (Lipinski definition) is 5. The molecule has 1 heterocycles. The zero-order chi connectivity index (χ0) is 21.1. The predicted molar refractivity (Wildman–Crippen MR) is 119 cm³/mol. The summed E-state index contributed by atoms with van der Waals surface area (Å²) in [4.78, 5) is 10.9. The van der Waals surface area contributed by atoms with Crippen molar-refractivity contribution in [3.8, 4) is 5.75 Å². The van der Waals surface area contributed by atoms with Gasteiger partial charge in [-0.15, -0.1) is 0 Å². The third-order valence-electron chi connectivity index (χ3n) is 4.27. The van der Waals surface area contributed by atoms with Gasteiger partial charge < -0.3 is 25.0 Å². The third-order valence-corrected chi connectivity index (χ3v) is 4.27. The van der Waals surface area contributed by atoms with Crippen LogP contribution in [0.5, 0.6) is 5.75 Å². The summed E-state index contributed by atoms with van der Waals surface area (Å²) in [6.07, 6.45) is 0. The minimum atomic E-state index is 0.533. The Labute approximate surface area is 174 Å². The van der Waals surface area contributed by atoms with Crippen molar-refractivity contribution >= 4 is 11.8 Å². The number of nitrogens with zero attached hydrogens (tertiary/aromatic N) is 3. The lowest BCUT2D eigenvalue weighted by Crippen LogP contribution is -2.36. The lowest BCUT2D eigenvalue weighted by molar-refractivity contribution is 0.110. The SMILES string of the molecule is CCOCCOc1cc(C)ccc1CNC(=NC)NCc1cccc(N(C)C)n1. The molecule has 1 aromatic carbocycles. The average Bonchev–Trinajstić information content (AvgIpc) is 2.72. The Balaban J connectivity index is 1.92. The van der Waals surface area contributed by atoms with Crippen LogP contribution in [0.2, 0.25) is 0 Å². The Morgan fingerprint density at radius 3 is 2.62 bits per heavy atom. The van der Waals surface area contributed by atoms with E-state index in [2.05, 4.69) is 45.7 Å². The molecule has 0 unspecified atom stereocenters. The maximum absolute atomic E-state index is 5.91. The molecule has 0 amide bonds. The molecule has 7 nitrogen and oxygen atoms in total. The van der Waals surface area contributed by atoms with Crippen LogP contribution in [0.15, 0.2) is 41.4 Å². The zero-order valence-electron chi connectivity index (χ0n) is 18.2. The molecule has 0 saturated carbocycles. The summed E-state index contributed by atoms with van der Waals surface area (Å²) < 4.78 is 11.3. The van der Waals surface area contributed by atoms with Crippen molar-refractivity contribution in [2.75, 3.05) is 45.9 Å². The first-order chi connectivity index (χ1) is 14.0. The highest BCUT2D eigenvalue weighted by Crippen LogP contribution is 2.20. The van der Waals surface area contributed by atoms with Crippen LogP contribution >= 0.6 is 0 Å². The van der Waals surface area contributed by atoms with Crippen molar-refractivity contribution in [1.82, 2.24) is 15.6 Å². The normalized spacial score (nSPS) is 11.3. The minimum absolute atomic E-state index is 0.533. The number of anilines is 1. The first-order valence-electron chi connectivity index (χ1n) is 9.91. The largest absolute Gasteiger partial charge is 0.491 e. The van der Waals surface area contributed by atoms with Gasteiger partial charge >= 0.3 is 0 Å². The molecule has 2 N–H and O–H groups in total. The van der Waals surface area contributed by atoms with E-state index >= 15 is 0 Å². The van der Waals surface area contributed by atoms with Gasteiger partial charge in [-0.05, 0) is 37.6 Å². The van der Waals surface area contributed by atoms with Gasteiger partial charge in [-0.3, -0.25) is 4.99 Å². The molecule has 0 bridgehead atoms. The number of hydrogen-bond donors (Lipinski definition) is 2. The molecule has 158 valence electrons. The fourth-order valence-corrected chi connectivity index (χ4v) is 2.69. The molecule has 29 heavy (non-hydrogen) atoms. The number of pyridine rings is 1. The van der Waals surface area contributed by atoms with Gasteiger partial charge in [0.1, 0.15) is 18.2 Å². The molecule has 7 heteroatoms. The highest BCUT2D eigenvalue weighted by Gasteiger charge is 2.07. The van der Waals surface area contributed by atoms with E-state index in [1.807, 2.05) is 44.1 Å². The maximum atomic E-state index is 5.91. The smallest absolute Gasteiger partial charge is 0.191 e. The Morgan fingerprint density at radius 2 is 1.90 bits per heavy atom. The van der Waals surface area contributed by atoms with Gasteiger partial charge in [0.2, 0.25) is 0 Å². The second-order valence-electron chi connectivity index (χ2n) is 6.82. The van der Waals surface area contributed by atoms with E-state index in [0.717, 1.165) is 28.4 Å². The monoisotopic (exact) mass is 399 g/mol. The molecule has 0 atom stereocenters. The van der Waals surface area contributed by atoms with E-state index in [9.17, 15) is 0 Å². The van der Waals surface area contributed by atoms with Crippen molar-refractivity contribution < 1.29 is 9.47 Å². The van der Waals surface area contributed by atoms with Crippen LogP contribution in [0.4, 0.5) is 5.82 Å². The number of guanidine groups is 1. The van der Waals surface area contributed by atoms with E-state index in [1.54, 1.807) is 7.05 Å². The Hall–Kier alpha value is -2.80. The average molecular weight is 400 g/mol. The maximum Gasteiger partial charge on any atom is 0.191 e. The molecule has 0 saturated heterocycles. The van der Waals surface area contributed by atoms with Crippen molar-refractivity contribution in [3.05, 3.63) is 53.2 Å². The summed E-state index contributed by atoms with van der Waals surface area (Å²) in [5.41, 5.74) is 3.19. The van der Waals surface area contributed by atoms with E-state index in [4.69, 9.17) is 9.47 Å². The Kier molecular flexibility index (Phi) is 9.24. The summed E-state index contributed by atoms with van der Waals surface area (Å²) in [6, 6.07) is 12.2. The van der Waals surface area contributed by atoms with Gasteiger partial charge in [0.25, 0.3) is 0 Å². The quantitative estimate of drug-likeness (QED) is 0.364. The zero-order valence-corrected chi connectivity index (χ0v) is 18.2. The lowest BCUT2D eigenvalue weighted by atomic mass is 10.1. The number of aryl methyl sites for hydroxylation is 1. The minimum Gasteiger partial charge on any atom is -0.491 e.